The molecule has 0 aromatic carbocycles. The summed E-state index contributed by atoms with van der Waals surface area (Å²) in [5, 5.41) is 6.37. The molecular weight excluding hydrogens is 223 g/mol. The van der Waals surface area contributed by atoms with Crippen LogP contribution in [0.2, 0.25) is 0 Å². The summed E-state index contributed by atoms with van der Waals surface area (Å²) in [6.45, 7) is 1.98. The first-order valence-electron chi connectivity index (χ1n) is 2.41. The molecule has 0 aliphatic heterocycles. The third-order valence-corrected chi connectivity index (χ3v) is 1.01. The van der Waals surface area contributed by atoms with E-state index in [9.17, 15) is 0 Å². The van der Waals surface area contributed by atoms with Crippen molar-refractivity contribution < 1.29 is 32.7 Å². The van der Waals surface area contributed by atoms with E-state index in [1.165, 1.54) is 0 Å². The maximum atomic E-state index is 4.67. The van der Waals surface area contributed by atoms with Gasteiger partial charge < -0.3 is 22.6 Å². The predicted octanol–water partition coefficient (Wildman–Crippen LogP) is 1.11. The number of nitrogens with zero attached hydrogens (tertiary/aromatic N) is 2. The molecule has 1 radical (unpaired) electrons. The summed E-state index contributed by atoms with van der Waals surface area (Å²) in [4.78, 5) is 3.88. The van der Waals surface area contributed by atoms with E-state index in [0.717, 1.165) is 12.2 Å². The number of aromatic nitrogens is 3. The van der Waals surface area contributed by atoms with E-state index in [0.29, 0.717) is 4.77 Å². The molecule has 0 bridgehead atoms. The number of aromatic amines is 1. The summed E-state index contributed by atoms with van der Waals surface area (Å²) in [5.41, 5.74) is 0. The van der Waals surface area contributed by atoms with Crippen molar-refractivity contribution in [3.63, 3.8) is 0 Å². The summed E-state index contributed by atoms with van der Waals surface area (Å²) in [6, 6.07) is 0. The van der Waals surface area contributed by atoms with Gasteiger partial charge in [0.15, 0.2) is 0 Å². The summed E-state index contributed by atoms with van der Waals surface area (Å²) in [5.74, 6) is 0.787. The van der Waals surface area contributed by atoms with Gasteiger partial charge in [-0.2, -0.15) is 0 Å². The summed E-state index contributed by atoms with van der Waals surface area (Å²) >= 11 is 4.67. The Hall–Kier alpha value is 0.464. The maximum Gasteiger partial charge on any atom is 0.0698 e. The smallest absolute Gasteiger partial charge is 0.0698 e. The standard InChI is InChI=1S/C4H7N3S.CH3.Y/c1-2-3-5-4(8)7-6-3;;/h2H2,1H3,(H2,5,6,7,8);1H3;/q;-1;/p-1. The predicted molar refractivity (Wildman–Crippen MR) is 38.5 cm³/mol. The molecule has 0 aliphatic carbocycles. The average molecular weight is 232 g/mol. The minimum Gasteiger partial charge on any atom is -0.395 e. The zero-order valence-electron chi connectivity index (χ0n) is 6.09. The van der Waals surface area contributed by atoms with Crippen LogP contribution in [0.4, 0.5) is 0 Å². The van der Waals surface area contributed by atoms with Gasteiger partial charge in [0.05, 0.1) is 4.77 Å². The first-order valence-corrected chi connectivity index (χ1v) is 2.82. The van der Waals surface area contributed by atoms with Gasteiger partial charge in [-0.15, -0.1) is 0 Å². The molecule has 1 N–H and O–H groups in total. The Morgan fingerprint density at radius 1 is 1.70 bits per heavy atom. The van der Waals surface area contributed by atoms with Gasteiger partial charge in [0.1, 0.15) is 0 Å². The molecule has 0 amide bonds. The second-order valence-electron chi connectivity index (χ2n) is 1.41. The van der Waals surface area contributed by atoms with Gasteiger partial charge in [-0.3, -0.25) is 0 Å². The molecule has 1 rings (SSSR count). The number of hydrogen-bond acceptors (Lipinski definition) is 2. The molecule has 0 unspecified atom stereocenters. The van der Waals surface area contributed by atoms with Crippen LogP contribution < -0.4 is 4.98 Å². The zero-order valence-corrected chi connectivity index (χ0v) is 9.74. The van der Waals surface area contributed by atoms with E-state index in [4.69, 9.17) is 0 Å². The number of nitrogens with one attached hydrogen (secondary N) is 1. The van der Waals surface area contributed by atoms with Crippen molar-refractivity contribution in [3.8, 4) is 0 Å². The maximum absolute atomic E-state index is 4.67. The van der Waals surface area contributed by atoms with Crippen LogP contribution in [0.15, 0.2) is 0 Å². The van der Waals surface area contributed by atoms with Crippen LogP contribution in [0.1, 0.15) is 12.7 Å². The van der Waals surface area contributed by atoms with Gasteiger partial charge in [0, 0.05) is 32.7 Å². The monoisotopic (exact) mass is 232 g/mol. The Morgan fingerprint density at radius 3 is 2.50 bits per heavy atom. The first-order chi connectivity index (χ1) is 3.83. The van der Waals surface area contributed by atoms with E-state index >= 15 is 0 Å². The Morgan fingerprint density at radius 2 is 2.30 bits per heavy atom. The van der Waals surface area contributed by atoms with Gasteiger partial charge in [-0.05, 0) is 12.2 Å². The molecule has 55 valence electrons. The number of hydrogen-bond donors (Lipinski definition) is 1. The average Bonchev–Trinajstić information content (AvgIpc) is 2.14. The Kier molecular flexibility index (Phi) is 8.10. The van der Waals surface area contributed by atoms with Gasteiger partial charge >= 0.3 is 0 Å². The molecule has 5 heteroatoms. The second-order valence-corrected chi connectivity index (χ2v) is 1.80. The van der Waals surface area contributed by atoms with E-state index in [-0.39, 0.29) is 40.1 Å². The fraction of sp³-hybridized carbons (Fsp3) is 0.400. The van der Waals surface area contributed by atoms with Gasteiger partial charge in [0.2, 0.25) is 0 Å². The number of H-pyrrole nitrogens is 1. The summed E-state index contributed by atoms with van der Waals surface area (Å²) in [7, 11) is 0. The van der Waals surface area contributed by atoms with Gasteiger partial charge in [-0.25, -0.2) is 0 Å². The first kappa shape index (κ1) is 13.1. The van der Waals surface area contributed by atoms with Crippen LogP contribution in [0.5, 0.6) is 0 Å². The molecule has 0 aliphatic rings. The van der Waals surface area contributed by atoms with Crippen LogP contribution in [-0.4, -0.2) is 10.2 Å². The van der Waals surface area contributed by atoms with Crippen molar-refractivity contribution in [2.45, 2.75) is 13.3 Å². The van der Waals surface area contributed by atoms with Crippen LogP contribution in [-0.2, 0) is 39.1 Å². The van der Waals surface area contributed by atoms with E-state index in [1.54, 1.807) is 0 Å². The molecule has 3 nitrogen and oxygen atoms in total. The normalized spacial score (nSPS) is 7.70. The van der Waals surface area contributed by atoms with Crippen LogP contribution >= 0.6 is 12.2 Å². The van der Waals surface area contributed by atoms with Gasteiger partial charge in [0.25, 0.3) is 0 Å². The Bertz CT molecular complexity index is 217. The molecule has 1 aromatic rings. The fourth-order valence-electron chi connectivity index (χ4n) is 0.438. The molecule has 0 fully saturated rings. The molecular formula is C5H9N3SY-2. The van der Waals surface area contributed by atoms with Crippen LogP contribution in [0, 0.1) is 12.2 Å². The topological polar surface area (TPSA) is 42.8 Å². The van der Waals surface area contributed by atoms with Crippen LogP contribution in [0.3, 0.4) is 0 Å². The van der Waals surface area contributed by atoms with E-state index in [2.05, 4.69) is 27.4 Å². The molecule has 0 saturated heterocycles. The molecule has 0 saturated carbocycles. The van der Waals surface area contributed by atoms with Gasteiger partial charge in [-0.1, -0.05) is 19.1 Å². The van der Waals surface area contributed by atoms with Crippen LogP contribution in [0.25, 0.3) is 0 Å². The molecule has 10 heavy (non-hydrogen) atoms. The molecule has 1 aromatic heterocycles. The minimum absolute atomic E-state index is 0. The number of rotatable bonds is 1. The Labute approximate surface area is 90.9 Å². The SMILES string of the molecule is CCc1n[nH]c(=S)[n-]1.[CH3-].[Y]. The third kappa shape index (κ3) is 3.59. The summed E-state index contributed by atoms with van der Waals surface area (Å²) < 4.78 is 0.474. The van der Waals surface area contributed by atoms with Crippen molar-refractivity contribution in [1.29, 1.82) is 0 Å². The third-order valence-electron chi connectivity index (χ3n) is 0.827. The van der Waals surface area contributed by atoms with Crippen molar-refractivity contribution in [3.05, 3.63) is 18.0 Å². The zero-order chi connectivity index (χ0) is 5.98. The quantitative estimate of drug-likeness (QED) is 0.582. The number of aryl methyl sites for hydroxylation is 1. The van der Waals surface area contributed by atoms with Crippen molar-refractivity contribution >= 4 is 12.2 Å². The molecule has 0 spiro atoms. The van der Waals surface area contributed by atoms with Crippen molar-refractivity contribution in [2.75, 3.05) is 0 Å². The molecule has 0 atom stereocenters. The Balaban J connectivity index is 0. The molecule has 1 heterocycles. The largest absolute Gasteiger partial charge is 0.395 e. The van der Waals surface area contributed by atoms with Crippen molar-refractivity contribution in [2.24, 2.45) is 0 Å². The fourth-order valence-corrected chi connectivity index (χ4v) is 0.589. The summed E-state index contributed by atoms with van der Waals surface area (Å²) in [6.07, 6.45) is 0.840. The van der Waals surface area contributed by atoms with Crippen molar-refractivity contribution in [1.82, 2.24) is 15.2 Å². The van der Waals surface area contributed by atoms with E-state index < -0.39 is 0 Å². The minimum atomic E-state index is 0. The van der Waals surface area contributed by atoms with E-state index in [1.807, 2.05) is 6.92 Å². The second kappa shape index (κ2) is 6.19.